The predicted octanol–water partition coefficient (Wildman–Crippen LogP) is 2.30. The van der Waals surface area contributed by atoms with Crippen molar-refractivity contribution in [2.45, 2.75) is 0 Å². The minimum absolute atomic E-state index is 0.217. The summed E-state index contributed by atoms with van der Waals surface area (Å²) >= 11 is 0. The smallest absolute Gasteiger partial charge is 0.417 e. The molecule has 1 N–H and O–H groups in total. The van der Waals surface area contributed by atoms with E-state index in [2.05, 4.69) is 9.97 Å². The maximum atomic E-state index is 11.3. The highest BCUT2D eigenvalue weighted by atomic mass is 16.5. The van der Waals surface area contributed by atoms with Crippen molar-refractivity contribution in [2.75, 3.05) is 12.0 Å². The Bertz CT molecular complexity index is 528. The second kappa shape index (κ2) is 5.13. The van der Waals surface area contributed by atoms with Gasteiger partial charge in [-0.05, 0) is 12.1 Å². The number of hydrogen-bond acceptors (Lipinski definition) is 4. The van der Waals surface area contributed by atoms with Crippen LogP contribution in [0.5, 0.6) is 5.88 Å². The van der Waals surface area contributed by atoms with Crippen molar-refractivity contribution in [1.82, 2.24) is 9.97 Å². The molecule has 92 valence electrons. The topological polar surface area (TPSA) is 75.5 Å². The van der Waals surface area contributed by atoms with Crippen LogP contribution in [0.4, 0.5) is 16.3 Å². The first-order valence-electron chi connectivity index (χ1n) is 5.16. The molecule has 6 nitrogen and oxygen atoms in total. The van der Waals surface area contributed by atoms with Gasteiger partial charge in [-0.15, -0.1) is 0 Å². The molecule has 0 radical (unpaired) electrons. The largest absolute Gasteiger partial charge is 0.480 e. The van der Waals surface area contributed by atoms with Crippen LogP contribution in [0.2, 0.25) is 0 Å². The van der Waals surface area contributed by atoms with Crippen LogP contribution in [-0.2, 0) is 0 Å². The van der Waals surface area contributed by atoms with Gasteiger partial charge in [-0.25, -0.2) is 19.7 Å². The Morgan fingerprint density at radius 1 is 1.22 bits per heavy atom. The van der Waals surface area contributed by atoms with Crippen LogP contribution in [0, 0.1) is 0 Å². The summed E-state index contributed by atoms with van der Waals surface area (Å²) in [6.07, 6.45) is 1.59. The van der Waals surface area contributed by atoms with E-state index < -0.39 is 6.09 Å². The number of carbonyl (C=O) groups is 1. The summed E-state index contributed by atoms with van der Waals surface area (Å²) in [7, 11) is 1.47. The minimum Gasteiger partial charge on any atom is -0.480 e. The molecule has 0 atom stereocenters. The zero-order chi connectivity index (χ0) is 13.0. The van der Waals surface area contributed by atoms with Crippen molar-refractivity contribution < 1.29 is 14.6 Å². The van der Waals surface area contributed by atoms with Gasteiger partial charge in [-0.2, -0.15) is 0 Å². The van der Waals surface area contributed by atoms with Crippen LogP contribution in [0.15, 0.2) is 42.7 Å². The van der Waals surface area contributed by atoms with E-state index in [1.807, 2.05) is 6.07 Å². The quantitative estimate of drug-likeness (QED) is 0.897. The molecule has 0 unspecified atom stereocenters. The van der Waals surface area contributed by atoms with Crippen LogP contribution in [0.3, 0.4) is 0 Å². The molecular weight excluding hydrogens is 234 g/mol. The Morgan fingerprint density at radius 2 is 1.94 bits per heavy atom. The average molecular weight is 245 g/mol. The lowest BCUT2D eigenvalue weighted by molar-refractivity contribution is 0.204. The molecule has 1 aromatic heterocycles. The molecule has 0 saturated heterocycles. The van der Waals surface area contributed by atoms with E-state index in [1.54, 1.807) is 24.3 Å². The third-order valence-corrected chi connectivity index (χ3v) is 2.26. The standard InChI is InChI=1S/C12H11N3O3/c1-18-11-8-13-10(7-14-11)15(12(16)17)9-5-3-2-4-6-9/h2-8H,1H3,(H,16,17). The Labute approximate surface area is 103 Å². The molecule has 0 aliphatic carbocycles. The molecule has 1 heterocycles. The van der Waals surface area contributed by atoms with E-state index in [4.69, 9.17) is 4.74 Å². The minimum atomic E-state index is -1.12. The summed E-state index contributed by atoms with van der Waals surface area (Å²) in [6.45, 7) is 0. The fraction of sp³-hybridized carbons (Fsp3) is 0.0833. The molecule has 0 spiro atoms. The molecule has 0 saturated carbocycles. The van der Waals surface area contributed by atoms with Crippen LogP contribution in [-0.4, -0.2) is 28.3 Å². The average Bonchev–Trinajstić information content (AvgIpc) is 2.40. The molecule has 6 heteroatoms. The van der Waals surface area contributed by atoms with Gasteiger partial charge in [-0.3, -0.25) is 0 Å². The Kier molecular flexibility index (Phi) is 3.38. The number of benzene rings is 1. The number of ether oxygens (including phenoxy) is 1. The summed E-state index contributed by atoms with van der Waals surface area (Å²) in [5, 5.41) is 9.23. The van der Waals surface area contributed by atoms with Crippen LogP contribution < -0.4 is 9.64 Å². The number of para-hydroxylation sites is 1. The third kappa shape index (κ3) is 2.37. The highest BCUT2D eigenvalue weighted by Gasteiger charge is 2.18. The van der Waals surface area contributed by atoms with Crippen molar-refractivity contribution in [1.29, 1.82) is 0 Å². The summed E-state index contributed by atoms with van der Waals surface area (Å²) in [6, 6.07) is 8.67. The summed E-state index contributed by atoms with van der Waals surface area (Å²) in [5.74, 6) is 0.548. The third-order valence-electron chi connectivity index (χ3n) is 2.26. The molecule has 2 aromatic rings. The van der Waals surface area contributed by atoms with Gasteiger partial charge < -0.3 is 9.84 Å². The Hall–Kier alpha value is -2.63. The summed E-state index contributed by atoms with van der Waals surface area (Å²) in [5.41, 5.74) is 0.504. The van der Waals surface area contributed by atoms with Crippen LogP contribution >= 0.6 is 0 Å². The maximum absolute atomic E-state index is 11.3. The second-order valence-electron chi connectivity index (χ2n) is 3.37. The van der Waals surface area contributed by atoms with Crippen LogP contribution in [0.1, 0.15) is 0 Å². The fourth-order valence-corrected chi connectivity index (χ4v) is 1.45. The first-order valence-corrected chi connectivity index (χ1v) is 5.16. The summed E-state index contributed by atoms with van der Waals surface area (Å²) < 4.78 is 4.88. The number of rotatable bonds is 3. The van der Waals surface area contributed by atoms with E-state index in [0.29, 0.717) is 11.6 Å². The van der Waals surface area contributed by atoms with Crippen molar-refractivity contribution >= 4 is 17.6 Å². The number of methoxy groups -OCH3 is 1. The van der Waals surface area contributed by atoms with E-state index in [0.717, 1.165) is 4.90 Å². The van der Waals surface area contributed by atoms with Gasteiger partial charge in [0.2, 0.25) is 5.88 Å². The zero-order valence-corrected chi connectivity index (χ0v) is 9.65. The van der Waals surface area contributed by atoms with Gasteiger partial charge in [-0.1, -0.05) is 18.2 Å². The first kappa shape index (κ1) is 11.8. The van der Waals surface area contributed by atoms with Crippen LogP contribution in [0.25, 0.3) is 0 Å². The monoisotopic (exact) mass is 245 g/mol. The molecular formula is C12H11N3O3. The van der Waals surface area contributed by atoms with E-state index in [1.165, 1.54) is 19.5 Å². The van der Waals surface area contributed by atoms with E-state index >= 15 is 0 Å². The Morgan fingerprint density at radius 3 is 2.44 bits per heavy atom. The molecule has 1 amide bonds. The van der Waals surface area contributed by atoms with Gasteiger partial charge >= 0.3 is 6.09 Å². The lowest BCUT2D eigenvalue weighted by atomic mass is 10.3. The first-order chi connectivity index (χ1) is 8.72. The van der Waals surface area contributed by atoms with Gasteiger partial charge in [0.05, 0.1) is 25.2 Å². The number of carboxylic acid groups (broad SMARTS) is 1. The number of hydrogen-bond donors (Lipinski definition) is 1. The van der Waals surface area contributed by atoms with E-state index in [-0.39, 0.29) is 5.82 Å². The molecule has 2 rings (SSSR count). The van der Waals surface area contributed by atoms with Crippen molar-refractivity contribution in [3.05, 3.63) is 42.7 Å². The number of nitrogens with zero attached hydrogens (tertiary/aromatic N) is 3. The molecule has 0 aliphatic heterocycles. The summed E-state index contributed by atoms with van der Waals surface area (Å²) in [4.78, 5) is 20.3. The van der Waals surface area contributed by atoms with Gasteiger partial charge in [0.1, 0.15) is 0 Å². The Balaban J connectivity index is 2.39. The number of aromatic nitrogens is 2. The van der Waals surface area contributed by atoms with Gasteiger partial charge in [0, 0.05) is 0 Å². The lowest BCUT2D eigenvalue weighted by Gasteiger charge is -2.17. The molecule has 0 bridgehead atoms. The predicted molar refractivity (Wildman–Crippen MR) is 65.2 cm³/mol. The fourth-order valence-electron chi connectivity index (χ4n) is 1.45. The molecule has 0 aliphatic rings. The zero-order valence-electron chi connectivity index (χ0n) is 9.65. The normalized spacial score (nSPS) is 9.83. The van der Waals surface area contributed by atoms with Gasteiger partial charge in [0.25, 0.3) is 0 Å². The van der Waals surface area contributed by atoms with Crippen molar-refractivity contribution in [2.24, 2.45) is 0 Å². The highest BCUT2D eigenvalue weighted by molar-refractivity contribution is 5.93. The maximum Gasteiger partial charge on any atom is 0.417 e. The number of anilines is 2. The second-order valence-corrected chi connectivity index (χ2v) is 3.37. The van der Waals surface area contributed by atoms with E-state index in [9.17, 15) is 9.90 Å². The molecule has 1 aromatic carbocycles. The van der Waals surface area contributed by atoms with Crippen molar-refractivity contribution in [3.8, 4) is 5.88 Å². The highest BCUT2D eigenvalue weighted by Crippen LogP contribution is 2.23. The SMILES string of the molecule is COc1cnc(N(C(=O)O)c2ccccc2)cn1. The van der Waals surface area contributed by atoms with Gasteiger partial charge in [0.15, 0.2) is 5.82 Å². The number of amides is 1. The lowest BCUT2D eigenvalue weighted by Crippen LogP contribution is -2.24. The van der Waals surface area contributed by atoms with Crippen molar-refractivity contribution in [3.63, 3.8) is 0 Å². The molecule has 18 heavy (non-hydrogen) atoms. The molecule has 0 fully saturated rings.